The first-order chi connectivity index (χ1) is 11.2. The van der Waals surface area contributed by atoms with Crippen LogP contribution in [0.4, 0.5) is 0 Å². The first kappa shape index (κ1) is 14.5. The van der Waals surface area contributed by atoms with Crippen molar-refractivity contribution in [2.24, 2.45) is 0 Å². The lowest BCUT2D eigenvalue weighted by Gasteiger charge is -2.25. The van der Waals surface area contributed by atoms with E-state index in [-0.39, 0.29) is 0 Å². The van der Waals surface area contributed by atoms with Crippen molar-refractivity contribution in [1.29, 1.82) is 0 Å². The van der Waals surface area contributed by atoms with Crippen molar-refractivity contribution in [3.8, 4) is 0 Å². The van der Waals surface area contributed by atoms with Gasteiger partial charge in [-0.05, 0) is 24.2 Å². The van der Waals surface area contributed by atoms with Crippen LogP contribution in [0.15, 0.2) is 54.6 Å². The summed E-state index contributed by atoms with van der Waals surface area (Å²) >= 11 is 0. The minimum atomic E-state index is -0.476. The summed E-state index contributed by atoms with van der Waals surface area (Å²) in [6.45, 7) is 2.68. The number of aliphatic hydroxyl groups is 1. The largest absolute Gasteiger partial charge is 0.387 e. The van der Waals surface area contributed by atoms with Crippen LogP contribution in [0.25, 0.3) is 10.9 Å². The highest BCUT2D eigenvalue weighted by Gasteiger charge is 2.23. The van der Waals surface area contributed by atoms with Crippen LogP contribution >= 0.6 is 0 Å². The molecular weight excluding hydrogens is 284 g/mol. The van der Waals surface area contributed by atoms with Gasteiger partial charge in [-0.25, -0.2) is 0 Å². The predicted octanol–water partition coefficient (Wildman–Crippen LogP) is 3.36. The predicted molar refractivity (Wildman–Crippen MR) is 93.4 cm³/mol. The molecule has 0 fully saturated rings. The standard InChI is InChI=1S/C20H22N2O/c1-21-12-11-19-17(13-21)16-9-5-6-10-18(16)22(19)14-20(23)15-7-3-2-4-8-15/h2-10,20,23H,11-14H2,1H3/t20-/m0/s1. The number of rotatable bonds is 3. The zero-order valence-electron chi connectivity index (χ0n) is 13.4. The van der Waals surface area contributed by atoms with Crippen molar-refractivity contribution < 1.29 is 5.11 Å². The quantitative estimate of drug-likeness (QED) is 0.804. The molecule has 4 rings (SSSR count). The lowest BCUT2D eigenvalue weighted by atomic mass is 10.0. The monoisotopic (exact) mass is 306 g/mol. The van der Waals surface area contributed by atoms with E-state index >= 15 is 0 Å². The van der Waals surface area contributed by atoms with Crippen LogP contribution in [0, 0.1) is 0 Å². The number of aromatic nitrogens is 1. The average Bonchev–Trinajstić information content (AvgIpc) is 2.89. The van der Waals surface area contributed by atoms with Crippen molar-refractivity contribution >= 4 is 10.9 Å². The Labute approximate surface area is 136 Å². The SMILES string of the molecule is CN1CCc2c(c3ccccc3n2C[C@H](O)c2ccccc2)C1. The minimum absolute atomic E-state index is 0.476. The summed E-state index contributed by atoms with van der Waals surface area (Å²) in [5.74, 6) is 0. The van der Waals surface area contributed by atoms with Gasteiger partial charge in [-0.1, -0.05) is 48.5 Å². The summed E-state index contributed by atoms with van der Waals surface area (Å²) in [5.41, 5.74) is 5.03. The van der Waals surface area contributed by atoms with Gasteiger partial charge in [-0.15, -0.1) is 0 Å². The highest BCUT2D eigenvalue weighted by atomic mass is 16.3. The fourth-order valence-corrected chi connectivity index (χ4v) is 3.70. The van der Waals surface area contributed by atoms with Crippen LogP contribution in [-0.4, -0.2) is 28.2 Å². The number of likely N-dealkylation sites (N-methyl/N-ethyl adjacent to an activating group) is 1. The van der Waals surface area contributed by atoms with Gasteiger partial charge in [0.2, 0.25) is 0 Å². The molecule has 2 heterocycles. The molecule has 0 bridgehead atoms. The zero-order valence-corrected chi connectivity index (χ0v) is 13.4. The Morgan fingerprint density at radius 2 is 1.78 bits per heavy atom. The summed E-state index contributed by atoms with van der Waals surface area (Å²) in [4.78, 5) is 2.37. The van der Waals surface area contributed by atoms with Crippen molar-refractivity contribution in [3.63, 3.8) is 0 Å². The molecule has 1 aliphatic heterocycles. The molecule has 0 aliphatic carbocycles. The molecule has 1 N–H and O–H groups in total. The number of para-hydroxylation sites is 1. The topological polar surface area (TPSA) is 28.4 Å². The molecule has 3 heteroatoms. The van der Waals surface area contributed by atoms with Crippen molar-refractivity contribution in [1.82, 2.24) is 9.47 Å². The second-order valence-corrected chi connectivity index (χ2v) is 6.47. The smallest absolute Gasteiger partial charge is 0.0969 e. The molecule has 0 amide bonds. The van der Waals surface area contributed by atoms with E-state index in [4.69, 9.17) is 0 Å². The van der Waals surface area contributed by atoms with E-state index < -0.39 is 6.10 Å². The maximum absolute atomic E-state index is 10.7. The van der Waals surface area contributed by atoms with E-state index in [1.807, 2.05) is 30.3 Å². The summed E-state index contributed by atoms with van der Waals surface area (Å²) in [6.07, 6.45) is 0.568. The molecule has 2 aromatic carbocycles. The van der Waals surface area contributed by atoms with Crippen molar-refractivity contribution in [3.05, 3.63) is 71.4 Å². The summed E-state index contributed by atoms with van der Waals surface area (Å²) < 4.78 is 2.33. The molecule has 0 saturated heterocycles. The van der Waals surface area contributed by atoms with Crippen LogP contribution < -0.4 is 0 Å². The van der Waals surface area contributed by atoms with Gasteiger partial charge in [0.1, 0.15) is 0 Å². The third kappa shape index (κ3) is 2.56. The van der Waals surface area contributed by atoms with Crippen LogP contribution in [-0.2, 0) is 19.5 Å². The molecule has 1 aromatic heterocycles. The molecule has 0 unspecified atom stereocenters. The van der Waals surface area contributed by atoms with Gasteiger partial charge in [0, 0.05) is 36.1 Å². The molecule has 1 aliphatic rings. The molecule has 0 saturated carbocycles. The Morgan fingerprint density at radius 1 is 1.04 bits per heavy atom. The van der Waals surface area contributed by atoms with Gasteiger partial charge in [0.15, 0.2) is 0 Å². The number of hydrogen-bond acceptors (Lipinski definition) is 2. The average molecular weight is 306 g/mol. The van der Waals surface area contributed by atoms with E-state index in [2.05, 4.69) is 40.8 Å². The molecule has 0 spiro atoms. The van der Waals surface area contributed by atoms with Crippen molar-refractivity contribution in [2.75, 3.05) is 13.6 Å². The molecule has 1 atom stereocenters. The molecular formula is C20H22N2O. The number of nitrogens with zero attached hydrogens (tertiary/aromatic N) is 2. The Bertz CT molecular complexity index is 822. The summed E-state index contributed by atoms with van der Waals surface area (Å²) in [6, 6.07) is 18.5. The van der Waals surface area contributed by atoms with Crippen LogP contribution in [0.1, 0.15) is 22.9 Å². The molecule has 118 valence electrons. The third-order valence-corrected chi connectivity index (χ3v) is 4.89. The number of hydrogen-bond donors (Lipinski definition) is 1. The van der Waals surface area contributed by atoms with E-state index in [9.17, 15) is 5.11 Å². The summed E-state index contributed by atoms with van der Waals surface area (Å²) in [7, 11) is 2.17. The van der Waals surface area contributed by atoms with Gasteiger partial charge in [-0.3, -0.25) is 0 Å². The lowest BCUT2D eigenvalue weighted by Crippen LogP contribution is -2.27. The lowest BCUT2D eigenvalue weighted by molar-refractivity contribution is 0.156. The first-order valence-electron chi connectivity index (χ1n) is 8.24. The normalized spacial score (nSPS) is 16.4. The van der Waals surface area contributed by atoms with Gasteiger partial charge >= 0.3 is 0 Å². The van der Waals surface area contributed by atoms with Gasteiger partial charge in [0.25, 0.3) is 0 Å². The third-order valence-electron chi connectivity index (χ3n) is 4.89. The Kier molecular flexibility index (Phi) is 3.68. The maximum Gasteiger partial charge on any atom is 0.0969 e. The Hall–Kier alpha value is -2.10. The van der Waals surface area contributed by atoms with E-state index in [1.54, 1.807) is 0 Å². The Morgan fingerprint density at radius 3 is 2.61 bits per heavy atom. The van der Waals surface area contributed by atoms with Crippen LogP contribution in [0.2, 0.25) is 0 Å². The number of benzene rings is 2. The van der Waals surface area contributed by atoms with E-state index in [0.717, 1.165) is 25.1 Å². The first-order valence-corrected chi connectivity index (χ1v) is 8.24. The van der Waals surface area contributed by atoms with Crippen molar-refractivity contribution in [2.45, 2.75) is 25.6 Å². The van der Waals surface area contributed by atoms with Gasteiger partial charge in [-0.2, -0.15) is 0 Å². The molecule has 3 nitrogen and oxygen atoms in total. The fraction of sp³-hybridized carbons (Fsp3) is 0.300. The molecule has 0 radical (unpaired) electrons. The second-order valence-electron chi connectivity index (χ2n) is 6.47. The fourth-order valence-electron chi connectivity index (χ4n) is 3.70. The molecule has 23 heavy (non-hydrogen) atoms. The van der Waals surface area contributed by atoms with Crippen LogP contribution in [0.3, 0.4) is 0 Å². The molecule has 3 aromatic rings. The van der Waals surface area contributed by atoms with Gasteiger partial charge in [0.05, 0.1) is 12.6 Å². The van der Waals surface area contributed by atoms with E-state index in [0.29, 0.717) is 6.54 Å². The minimum Gasteiger partial charge on any atom is -0.387 e. The maximum atomic E-state index is 10.7. The van der Waals surface area contributed by atoms with E-state index in [1.165, 1.54) is 22.2 Å². The van der Waals surface area contributed by atoms with Crippen LogP contribution in [0.5, 0.6) is 0 Å². The highest BCUT2D eigenvalue weighted by Crippen LogP contribution is 2.32. The number of fused-ring (bicyclic) bond motifs is 3. The highest BCUT2D eigenvalue weighted by molar-refractivity contribution is 5.85. The summed E-state index contributed by atoms with van der Waals surface area (Å²) in [5, 5.41) is 12.0. The second kappa shape index (κ2) is 5.84. The Balaban J connectivity index is 1.78. The number of aliphatic hydroxyl groups excluding tert-OH is 1. The van der Waals surface area contributed by atoms with Gasteiger partial charge < -0.3 is 14.6 Å². The zero-order chi connectivity index (χ0) is 15.8.